The molecule has 0 saturated carbocycles. The normalized spacial score (nSPS) is 13.1. The van der Waals surface area contributed by atoms with Crippen LogP contribution in [0.15, 0.2) is 244 Å². The average Bonchev–Trinajstić information content (AvgIpc) is 4.32. The van der Waals surface area contributed by atoms with Gasteiger partial charge in [0.05, 0.1) is 16.7 Å². The summed E-state index contributed by atoms with van der Waals surface area (Å²) >= 11 is 0. The number of benzene rings is 11. The van der Waals surface area contributed by atoms with E-state index >= 15 is 0 Å². The summed E-state index contributed by atoms with van der Waals surface area (Å²) < 4.78 is 22.2. The van der Waals surface area contributed by atoms with Crippen LogP contribution < -0.4 is 4.90 Å². The summed E-state index contributed by atoms with van der Waals surface area (Å²) in [6.07, 6.45) is 0. The first-order chi connectivity index (χ1) is 36.9. The molecule has 0 bridgehead atoms. The van der Waals surface area contributed by atoms with Gasteiger partial charge in [-0.25, -0.2) is 0 Å². The first kappa shape index (κ1) is 42.0. The molecular formula is C70H46N2O3. The van der Waals surface area contributed by atoms with Crippen LogP contribution in [0.1, 0.15) is 30.5 Å². The van der Waals surface area contributed by atoms with Crippen molar-refractivity contribution in [2.24, 2.45) is 0 Å². The lowest BCUT2D eigenvalue weighted by Gasteiger charge is -2.29. The third-order valence-corrected chi connectivity index (χ3v) is 16.3. The van der Waals surface area contributed by atoms with Crippen LogP contribution in [0.3, 0.4) is 0 Å². The molecule has 354 valence electrons. The van der Waals surface area contributed by atoms with Gasteiger partial charge in [-0.1, -0.05) is 172 Å². The van der Waals surface area contributed by atoms with Crippen LogP contribution in [0, 0.1) is 0 Å². The van der Waals surface area contributed by atoms with Gasteiger partial charge >= 0.3 is 0 Å². The smallest absolute Gasteiger partial charge is 0.159 e. The fourth-order valence-electron chi connectivity index (χ4n) is 12.8. The molecule has 0 atom stereocenters. The molecule has 0 spiro atoms. The topological polar surface area (TPSA) is 47.6 Å². The van der Waals surface area contributed by atoms with Crippen LogP contribution in [-0.4, -0.2) is 4.57 Å². The van der Waals surface area contributed by atoms with E-state index in [2.05, 4.69) is 236 Å². The van der Waals surface area contributed by atoms with Gasteiger partial charge in [0.1, 0.15) is 27.9 Å². The van der Waals surface area contributed by atoms with E-state index in [1.165, 1.54) is 44.3 Å². The highest BCUT2D eigenvalue weighted by Gasteiger charge is 2.37. The van der Waals surface area contributed by atoms with Gasteiger partial charge in [-0.2, -0.15) is 0 Å². The minimum atomic E-state index is -0.152. The van der Waals surface area contributed by atoms with Crippen molar-refractivity contribution in [3.63, 3.8) is 0 Å². The molecular weight excluding hydrogens is 917 g/mol. The van der Waals surface area contributed by atoms with Gasteiger partial charge < -0.3 is 22.7 Å². The van der Waals surface area contributed by atoms with Gasteiger partial charge in [0.15, 0.2) is 5.58 Å². The van der Waals surface area contributed by atoms with E-state index in [0.717, 1.165) is 110 Å². The monoisotopic (exact) mass is 962 g/mol. The minimum Gasteiger partial charge on any atom is -0.456 e. The molecule has 0 unspecified atom stereocenters. The first-order valence-corrected chi connectivity index (χ1v) is 25.8. The second kappa shape index (κ2) is 15.7. The number of aromatic nitrogens is 1. The number of hydrogen-bond donors (Lipinski definition) is 0. The summed E-state index contributed by atoms with van der Waals surface area (Å²) in [5, 5.41) is 9.08. The molecule has 0 aliphatic heterocycles. The molecule has 0 fully saturated rings. The quantitative estimate of drug-likeness (QED) is 0.160. The lowest BCUT2D eigenvalue weighted by atomic mass is 9.82. The summed E-state index contributed by atoms with van der Waals surface area (Å²) in [4.78, 5) is 2.51. The van der Waals surface area contributed by atoms with Gasteiger partial charge in [0.25, 0.3) is 0 Å². The van der Waals surface area contributed by atoms with Gasteiger partial charge in [-0.05, 0) is 112 Å². The molecule has 0 N–H and O–H groups in total. The van der Waals surface area contributed by atoms with E-state index < -0.39 is 0 Å². The van der Waals surface area contributed by atoms with E-state index in [1.54, 1.807) is 0 Å². The van der Waals surface area contributed by atoms with Crippen molar-refractivity contribution >= 4 is 99.0 Å². The molecule has 5 nitrogen and oxygen atoms in total. The van der Waals surface area contributed by atoms with E-state index in [4.69, 9.17) is 13.3 Å². The van der Waals surface area contributed by atoms with Crippen molar-refractivity contribution in [3.8, 4) is 39.1 Å². The van der Waals surface area contributed by atoms with E-state index in [9.17, 15) is 0 Å². The van der Waals surface area contributed by atoms with E-state index in [0.29, 0.717) is 6.54 Å². The fourth-order valence-corrected chi connectivity index (χ4v) is 12.8. The molecule has 11 aromatic carbocycles. The zero-order valence-electron chi connectivity index (χ0n) is 41.3. The predicted molar refractivity (Wildman–Crippen MR) is 310 cm³/mol. The highest BCUT2D eigenvalue weighted by molar-refractivity contribution is 6.15. The molecule has 4 heterocycles. The standard InChI is InChI=1S/C70H46N2O3/c1-70(2)56-23-7-3-19-53(56)67-57(70)24-14-26-60(67)71(46-35-31-42(32-36-46)47-20-12-21-51-49-17-5-9-28-62(49)74-68(47)51)41-45-15-11-30-65-66(45)55-40-44(34-38-64(55)73-65)43-33-37-59-54(39-43)48-16-4-8-25-58(48)72(59)61-27-13-22-52-50-18-6-10-29-63(50)75-69(52)61/h3-40H,41H2,1-2H3. The Hall–Kier alpha value is -9.58. The van der Waals surface area contributed by atoms with Crippen molar-refractivity contribution in [2.45, 2.75) is 25.8 Å². The van der Waals surface area contributed by atoms with Crippen molar-refractivity contribution in [2.75, 3.05) is 4.90 Å². The zero-order chi connectivity index (χ0) is 49.5. The van der Waals surface area contributed by atoms with Gasteiger partial charge in [0.2, 0.25) is 0 Å². The maximum absolute atomic E-state index is 6.74. The van der Waals surface area contributed by atoms with Crippen molar-refractivity contribution in [1.82, 2.24) is 4.57 Å². The number of nitrogens with zero attached hydrogens (tertiary/aromatic N) is 2. The zero-order valence-corrected chi connectivity index (χ0v) is 41.3. The second-order valence-electron chi connectivity index (χ2n) is 20.7. The Bertz CT molecular complexity index is 4850. The van der Waals surface area contributed by atoms with Crippen LogP contribution in [0.4, 0.5) is 11.4 Å². The molecule has 0 radical (unpaired) electrons. The number of rotatable bonds is 7. The summed E-state index contributed by atoms with van der Waals surface area (Å²) in [5.41, 5.74) is 21.6. The van der Waals surface area contributed by atoms with Gasteiger partial charge in [-0.3, -0.25) is 0 Å². The summed E-state index contributed by atoms with van der Waals surface area (Å²) in [6, 6.07) is 83.2. The van der Waals surface area contributed by atoms with Gasteiger partial charge in [0, 0.05) is 77.6 Å². The molecule has 0 saturated heterocycles. The number of furan rings is 3. The Morgan fingerprint density at radius 1 is 0.400 bits per heavy atom. The highest BCUT2D eigenvalue weighted by Crippen LogP contribution is 2.54. The first-order valence-electron chi connectivity index (χ1n) is 25.8. The predicted octanol–water partition coefficient (Wildman–Crippen LogP) is 19.5. The highest BCUT2D eigenvalue weighted by atomic mass is 16.3. The van der Waals surface area contributed by atoms with Gasteiger partial charge in [-0.15, -0.1) is 0 Å². The van der Waals surface area contributed by atoms with Crippen LogP contribution >= 0.6 is 0 Å². The molecule has 75 heavy (non-hydrogen) atoms. The number of fused-ring (bicyclic) bond motifs is 15. The molecule has 4 aromatic heterocycles. The largest absolute Gasteiger partial charge is 0.456 e. The maximum Gasteiger partial charge on any atom is 0.159 e. The minimum absolute atomic E-state index is 0.152. The summed E-state index contributed by atoms with van der Waals surface area (Å²) in [6.45, 7) is 5.32. The molecule has 1 aliphatic rings. The Morgan fingerprint density at radius 3 is 1.80 bits per heavy atom. The third-order valence-electron chi connectivity index (χ3n) is 16.3. The van der Waals surface area contributed by atoms with Crippen LogP contribution in [0.5, 0.6) is 0 Å². The molecule has 16 rings (SSSR count). The Morgan fingerprint density at radius 2 is 0.973 bits per heavy atom. The van der Waals surface area contributed by atoms with Crippen LogP contribution in [0.25, 0.3) is 127 Å². The van der Waals surface area contributed by atoms with Crippen LogP contribution in [0.2, 0.25) is 0 Å². The summed E-state index contributed by atoms with van der Waals surface area (Å²) in [7, 11) is 0. The third kappa shape index (κ3) is 6.13. The van der Waals surface area contributed by atoms with Crippen molar-refractivity contribution in [1.29, 1.82) is 0 Å². The van der Waals surface area contributed by atoms with E-state index in [-0.39, 0.29) is 5.41 Å². The molecule has 0 amide bonds. The number of hydrogen-bond acceptors (Lipinski definition) is 4. The Balaban J connectivity index is 0.837. The number of para-hydroxylation sites is 5. The van der Waals surface area contributed by atoms with Crippen LogP contribution in [-0.2, 0) is 12.0 Å². The van der Waals surface area contributed by atoms with Crippen molar-refractivity contribution < 1.29 is 13.3 Å². The second-order valence-corrected chi connectivity index (χ2v) is 20.7. The lowest BCUT2D eigenvalue weighted by molar-refractivity contribution is 0.660. The van der Waals surface area contributed by atoms with Crippen molar-refractivity contribution in [3.05, 3.63) is 247 Å². The summed E-state index contributed by atoms with van der Waals surface area (Å²) in [5.74, 6) is 0. The molecule has 1 aliphatic carbocycles. The fraction of sp³-hybridized carbons (Fsp3) is 0.0571. The molecule has 15 aromatic rings. The lowest BCUT2D eigenvalue weighted by Crippen LogP contribution is -2.19. The maximum atomic E-state index is 6.74. The van der Waals surface area contributed by atoms with E-state index in [1.807, 2.05) is 18.2 Å². The molecule has 5 heteroatoms. The Labute approximate surface area is 431 Å². The Kier molecular flexibility index (Phi) is 8.79. The average molecular weight is 963 g/mol. The number of anilines is 2. The SMILES string of the molecule is CC1(C)c2ccccc2-c2c(N(Cc3cccc4oc5ccc(-c6ccc7c(c6)c6ccccc6n7-c6cccc7c6oc6ccccc67)cc5c34)c3ccc(-c4cccc5c4oc4ccccc45)cc3)cccc21.